The van der Waals surface area contributed by atoms with Gasteiger partial charge >= 0.3 is 0 Å². The van der Waals surface area contributed by atoms with E-state index in [2.05, 4.69) is 20.7 Å². The number of methoxy groups -OCH3 is 1. The number of ether oxygens (including phenoxy) is 1. The Labute approximate surface area is 143 Å². The highest BCUT2D eigenvalue weighted by atomic mass is 79.9. The second-order valence-corrected chi connectivity index (χ2v) is 7.67. The highest BCUT2D eigenvalue weighted by molar-refractivity contribution is 9.10. The summed E-state index contributed by atoms with van der Waals surface area (Å²) in [4.78, 5) is 0.0829. The van der Waals surface area contributed by atoms with Crippen LogP contribution in [0.3, 0.4) is 0 Å². The van der Waals surface area contributed by atoms with Gasteiger partial charge in [-0.1, -0.05) is 45.7 Å². The van der Waals surface area contributed by atoms with Gasteiger partial charge in [0.25, 0.3) is 0 Å². The third-order valence-electron chi connectivity index (χ3n) is 3.14. The number of benzene rings is 2. The van der Waals surface area contributed by atoms with Crippen LogP contribution in [-0.4, -0.2) is 15.5 Å². The van der Waals surface area contributed by atoms with Crippen molar-refractivity contribution in [3.63, 3.8) is 0 Å². The van der Waals surface area contributed by atoms with Crippen molar-refractivity contribution < 1.29 is 13.2 Å². The molecule has 0 fully saturated rings. The van der Waals surface area contributed by atoms with Crippen molar-refractivity contribution in [3.05, 3.63) is 57.0 Å². The van der Waals surface area contributed by atoms with E-state index in [1.165, 1.54) is 13.2 Å². The Bertz CT molecular complexity index is 793. The lowest BCUT2D eigenvalue weighted by Gasteiger charge is -2.13. The lowest BCUT2D eigenvalue weighted by molar-refractivity contribution is 0.402. The fourth-order valence-electron chi connectivity index (χ4n) is 1.90. The zero-order chi connectivity index (χ0) is 16.3. The third-order valence-corrected chi connectivity index (χ3v) is 5.79. The second-order valence-electron chi connectivity index (χ2n) is 4.67. The summed E-state index contributed by atoms with van der Waals surface area (Å²) in [6.07, 6.45) is 0. The van der Waals surface area contributed by atoms with Crippen molar-refractivity contribution in [2.75, 3.05) is 7.11 Å². The van der Waals surface area contributed by atoms with Crippen molar-refractivity contribution in [2.45, 2.75) is 18.4 Å². The van der Waals surface area contributed by atoms with Gasteiger partial charge in [0.1, 0.15) is 10.6 Å². The molecule has 1 N–H and O–H groups in total. The minimum absolute atomic E-state index is 0.0829. The van der Waals surface area contributed by atoms with Crippen molar-refractivity contribution >= 4 is 37.6 Å². The van der Waals surface area contributed by atoms with Gasteiger partial charge in [0.15, 0.2) is 0 Å². The maximum atomic E-state index is 12.5. The van der Waals surface area contributed by atoms with Crippen molar-refractivity contribution in [3.8, 4) is 5.75 Å². The largest absolute Gasteiger partial charge is 0.495 e. The zero-order valence-electron chi connectivity index (χ0n) is 12.1. The Morgan fingerprint density at radius 1 is 1.27 bits per heavy atom. The van der Waals surface area contributed by atoms with Crippen LogP contribution in [0.4, 0.5) is 0 Å². The SMILES string of the molecule is COc1cc(C)c(Br)cc1S(=O)(=O)NCc1ccccc1Cl. The van der Waals surface area contributed by atoms with Gasteiger partial charge in [-0.15, -0.1) is 0 Å². The predicted molar refractivity (Wildman–Crippen MR) is 90.9 cm³/mol. The molecule has 2 aromatic rings. The molecular weight excluding hydrogens is 390 g/mol. The Morgan fingerprint density at radius 2 is 1.95 bits per heavy atom. The van der Waals surface area contributed by atoms with Crippen molar-refractivity contribution in [1.29, 1.82) is 0 Å². The van der Waals surface area contributed by atoms with E-state index in [1.54, 1.807) is 30.3 Å². The van der Waals surface area contributed by atoms with Crippen LogP contribution >= 0.6 is 27.5 Å². The molecule has 0 bridgehead atoms. The summed E-state index contributed by atoms with van der Waals surface area (Å²) in [5.41, 5.74) is 1.60. The molecule has 0 aliphatic rings. The fourth-order valence-corrected chi connectivity index (χ4v) is 3.78. The molecule has 2 rings (SSSR count). The number of halogens is 2. The quantitative estimate of drug-likeness (QED) is 0.822. The zero-order valence-corrected chi connectivity index (χ0v) is 15.2. The Kier molecular flexibility index (Phi) is 5.50. The molecule has 0 heterocycles. The first-order valence-electron chi connectivity index (χ1n) is 6.42. The van der Waals surface area contributed by atoms with E-state index in [0.717, 1.165) is 5.56 Å². The number of sulfonamides is 1. The van der Waals surface area contributed by atoms with Crippen LogP contribution in [0.25, 0.3) is 0 Å². The molecule has 0 aliphatic heterocycles. The van der Waals surface area contributed by atoms with Crippen LogP contribution in [0.2, 0.25) is 5.02 Å². The monoisotopic (exact) mass is 403 g/mol. The van der Waals surface area contributed by atoms with E-state index < -0.39 is 10.0 Å². The molecular formula is C15H15BrClNO3S. The molecule has 0 spiro atoms. The van der Waals surface area contributed by atoms with Crippen LogP contribution in [-0.2, 0) is 16.6 Å². The minimum atomic E-state index is -3.72. The summed E-state index contributed by atoms with van der Waals surface area (Å²) in [6.45, 7) is 1.97. The molecule has 118 valence electrons. The first-order valence-corrected chi connectivity index (χ1v) is 9.08. The summed E-state index contributed by atoms with van der Waals surface area (Å²) in [6, 6.07) is 10.3. The normalized spacial score (nSPS) is 11.5. The molecule has 0 saturated carbocycles. The van der Waals surface area contributed by atoms with E-state index in [-0.39, 0.29) is 11.4 Å². The number of hydrogen-bond acceptors (Lipinski definition) is 3. The van der Waals surface area contributed by atoms with Gasteiger partial charge in [-0.3, -0.25) is 0 Å². The molecule has 0 aliphatic carbocycles. The van der Waals surface area contributed by atoms with Crippen molar-refractivity contribution in [1.82, 2.24) is 4.72 Å². The first-order chi connectivity index (χ1) is 10.3. The Hall–Kier alpha value is -1.08. The average Bonchev–Trinajstić information content (AvgIpc) is 2.48. The summed E-state index contributed by atoms with van der Waals surface area (Å²) in [5, 5.41) is 0.516. The lowest BCUT2D eigenvalue weighted by Crippen LogP contribution is -2.24. The number of aryl methyl sites for hydroxylation is 1. The summed E-state index contributed by atoms with van der Waals surface area (Å²) >= 11 is 9.38. The predicted octanol–water partition coefficient (Wildman–Crippen LogP) is 3.90. The number of hydrogen-bond donors (Lipinski definition) is 1. The van der Waals surface area contributed by atoms with Gasteiger partial charge in [-0.05, 0) is 36.2 Å². The van der Waals surface area contributed by atoms with Gasteiger partial charge < -0.3 is 4.74 Å². The first kappa shape index (κ1) is 17.3. The van der Waals surface area contributed by atoms with E-state index in [9.17, 15) is 8.42 Å². The molecule has 7 heteroatoms. The molecule has 0 aromatic heterocycles. The molecule has 22 heavy (non-hydrogen) atoms. The van der Waals surface area contributed by atoms with Gasteiger partial charge in [-0.2, -0.15) is 0 Å². The molecule has 4 nitrogen and oxygen atoms in total. The molecule has 0 atom stereocenters. The van der Waals surface area contributed by atoms with Crippen LogP contribution < -0.4 is 9.46 Å². The summed E-state index contributed by atoms with van der Waals surface area (Å²) in [7, 11) is -2.28. The molecule has 2 aromatic carbocycles. The van der Waals surface area contributed by atoms with Crippen LogP contribution in [0, 0.1) is 6.92 Å². The van der Waals surface area contributed by atoms with Gasteiger partial charge in [0.2, 0.25) is 10.0 Å². The molecule has 0 saturated heterocycles. The third kappa shape index (κ3) is 3.81. The van der Waals surface area contributed by atoms with Crippen LogP contribution in [0.15, 0.2) is 45.8 Å². The molecule has 0 radical (unpaired) electrons. The van der Waals surface area contributed by atoms with E-state index in [1.807, 2.05) is 6.92 Å². The second kappa shape index (κ2) is 7.00. The van der Waals surface area contributed by atoms with E-state index >= 15 is 0 Å². The maximum Gasteiger partial charge on any atom is 0.244 e. The number of nitrogens with one attached hydrogen (secondary N) is 1. The summed E-state index contributed by atoms with van der Waals surface area (Å²) < 4.78 is 33.4. The highest BCUT2D eigenvalue weighted by Gasteiger charge is 2.21. The Morgan fingerprint density at radius 3 is 2.59 bits per heavy atom. The van der Waals surface area contributed by atoms with Gasteiger partial charge in [-0.25, -0.2) is 13.1 Å². The minimum Gasteiger partial charge on any atom is -0.495 e. The number of rotatable bonds is 5. The van der Waals surface area contributed by atoms with E-state index in [4.69, 9.17) is 16.3 Å². The molecule has 0 amide bonds. The topological polar surface area (TPSA) is 55.4 Å². The van der Waals surface area contributed by atoms with Gasteiger partial charge in [0.05, 0.1) is 7.11 Å². The van der Waals surface area contributed by atoms with Gasteiger partial charge in [0, 0.05) is 16.0 Å². The summed E-state index contributed by atoms with van der Waals surface area (Å²) in [5.74, 6) is 0.298. The highest BCUT2D eigenvalue weighted by Crippen LogP contribution is 2.30. The molecule has 0 unspecified atom stereocenters. The maximum absolute atomic E-state index is 12.5. The standard InChI is InChI=1S/C15H15BrClNO3S/c1-10-7-14(21-2)15(8-12(10)16)22(19,20)18-9-11-5-3-4-6-13(11)17/h3-8,18H,9H2,1-2H3. The van der Waals surface area contributed by atoms with Crippen molar-refractivity contribution in [2.24, 2.45) is 0 Å². The average molecular weight is 405 g/mol. The van der Waals surface area contributed by atoms with E-state index in [0.29, 0.717) is 20.8 Å². The fraction of sp³-hybridized carbons (Fsp3) is 0.200. The Balaban J connectivity index is 2.31. The lowest BCUT2D eigenvalue weighted by atomic mass is 10.2. The van der Waals surface area contributed by atoms with Crippen LogP contribution in [0.5, 0.6) is 5.75 Å². The van der Waals surface area contributed by atoms with Crippen LogP contribution in [0.1, 0.15) is 11.1 Å². The smallest absolute Gasteiger partial charge is 0.244 e.